The van der Waals surface area contributed by atoms with E-state index in [0.717, 1.165) is 27.7 Å². The van der Waals surface area contributed by atoms with Crippen LogP contribution < -0.4 is 5.73 Å². The number of aromatic nitrogens is 2. The molecule has 0 unspecified atom stereocenters. The number of nitrogens with two attached hydrogens (primary N) is 1. The molecular formula is C22H22N4O2. The van der Waals surface area contributed by atoms with Crippen LogP contribution in [0.3, 0.4) is 0 Å². The van der Waals surface area contributed by atoms with Crippen molar-refractivity contribution in [2.75, 3.05) is 12.8 Å². The van der Waals surface area contributed by atoms with E-state index in [1.165, 1.54) is 18.4 Å². The Hall–Kier alpha value is -2.99. The van der Waals surface area contributed by atoms with Crippen LogP contribution in [0.1, 0.15) is 51.5 Å². The highest BCUT2D eigenvalue weighted by molar-refractivity contribution is 5.99. The number of benzene rings is 1. The topological polar surface area (TPSA) is 81.3 Å². The van der Waals surface area contributed by atoms with E-state index < -0.39 is 0 Å². The minimum Gasteiger partial charge on any atom is -0.383 e. The fourth-order valence-electron chi connectivity index (χ4n) is 3.83. The predicted octanol–water partition coefficient (Wildman–Crippen LogP) is 3.39. The van der Waals surface area contributed by atoms with Crippen molar-refractivity contribution in [2.45, 2.75) is 38.5 Å². The number of nitrogens with zero attached hydrogens (tertiary/aromatic N) is 3. The molecule has 1 amide bonds. The molecular weight excluding hydrogens is 352 g/mol. The Labute approximate surface area is 163 Å². The first kappa shape index (κ1) is 17.1. The molecule has 2 aromatic heterocycles. The maximum Gasteiger partial charge on any atom is 0.253 e. The third-order valence-electron chi connectivity index (χ3n) is 5.62. The maximum atomic E-state index is 13.0. The zero-order chi connectivity index (χ0) is 19.3. The molecule has 5 rings (SSSR count). The fourth-order valence-corrected chi connectivity index (χ4v) is 3.83. The largest absolute Gasteiger partial charge is 0.383 e. The quantitative estimate of drug-likeness (QED) is 0.757. The van der Waals surface area contributed by atoms with Gasteiger partial charge in [-0.1, -0.05) is 6.07 Å². The van der Waals surface area contributed by atoms with Gasteiger partial charge < -0.3 is 15.4 Å². The first-order chi connectivity index (χ1) is 13.6. The van der Waals surface area contributed by atoms with Crippen molar-refractivity contribution < 1.29 is 9.53 Å². The Morgan fingerprint density at radius 1 is 1.21 bits per heavy atom. The molecule has 6 nitrogen and oxygen atoms in total. The Balaban J connectivity index is 1.39. The Morgan fingerprint density at radius 2 is 2.04 bits per heavy atom. The minimum absolute atomic E-state index is 0.0422. The number of carbonyl (C=O) groups is 1. The molecule has 1 aliphatic carbocycles. The average molecular weight is 374 g/mol. The van der Waals surface area contributed by atoms with E-state index in [0.29, 0.717) is 37.1 Å². The molecule has 1 saturated carbocycles. The van der Waals surface area contributed by atoms with Crippen molar-refractivity contribution in [3.8, 4) is 0 Å². The van der Waals surface area contributed by atoms with Crippen LogP contribution in [0.4, 0.5) is 5.82 Å². The molecule has 0 spiro atoms. The molecule has 3 aromatic rings. The molecule has 1 fully saturated rings. The molecule has 0 saturated heterocycles. The lowest BCUT2D eigenvalue weighted by molar-refractivity contribution is 0.0783. The molecule has 6 heteroatoms. The molecule has 1 aromatic carbocycles. The normalized spacial score (nSPS) is 15.6. The molecule has 2 N–H and O–H groups in total. The molecule has 2 aliphatic rings. The van der Waals surface area contributed by atoms with Gasteiger partial charge in [0.1, 0.15) is 5.82 Å². The number of fused-ring (bicyclic) bond motifs is 3. The summed E-state index contributed by atoms with van der Waals surface area (Å²) >= 11 is 0. The highest BCUT2D eigenvalue weighted by atomic mass is 16.5. The standard InChI is InChI=1S/C22H22N4O2/c1-26(10-16-6-4-15(9-24-16)13-2-3-13)22(27)14-5-7-20-17(8-14)18-11-28-12-19(18)21(23)25-20/h4-9,13H,2-3,10-12H2,1H3,(H2,23,25). The van der Waals surface area contributed by atoms with Crippen LogP contribution >= 0.6 is 0 Å². The van der Waals surface area contributed by atoms with Gasteiger partial charge in [0.25, 0.3) is 5.91 Å². The van der Waals surface area contributed by atoms with Gasteiger partial charge in [-0.05, 0) is 54.2 Å². The van der Waals surface area contributed by atoms with Crippen LogP contribution in [0.2, 0.25) is 0 Å². The van der Waals surface area contributed by atoms with Crippen molar-refractivity contribution in [3.05, 3.63) is 64.5 Å². The van der Waals surface area contributed by atoms with Crippen LogP contribution in [0.25, 0.3) is 10.9 Å². The minimum atomic E-state index is -0.0422. The summed E-state index contributed by atoms with van der Waals surface area (Å²) in [4.78, 5) is 23.6. The number of anilines is 1. The van der Waals surface area contributed by atoms with Crippen molar-refractivity contribution in [1.82, 2.24) is 14.9 Å². The van der Waals surface area contributed by atoms with E-state index in [-0.39, 0.29) is 5.91 Å². The number of pyridine rings is 2. The van der Waals surface area contributed by atoms with E-state index >= 15 is 0 Å². The lowest BCUT2D eigenvalue weighted by Crippen LogP contribution is -2.26. The smallest absolute Gasteiger partial charge is 0.253 e. The third-order valence-corrected chi connectivity index (χ3v) is 5.62. The van der Waals surface area contributed by atoms with E-state index in [2.05, 4.69) is 16.0 Å². The summed E-state index contributed by atoms with van der Waals surface area (Å²) in [7, 11) is 1.80. The van der Waals surface area contributed by atoms with Gasteiger partial charge >= 0.3 is 0 Å². The summed E-state index contributed by atoms with van der Waals surface area (Å²) in [6, 6.07) is 9.72. The first-order valence-corrected chi connectivity index (χ1v) is 9.59. The summed E-state index contributed by atoms with van der Waals surface area (Å²) in [5, 5.41) is 0.938. The molecule has 0 radical (unpaired) electrons. The second-order valence-corrected chi connectivity index (χ2v) is 7.70. The Kier molecular flexibility index (Phi) is 4.02. The molecule has 28 heavy (non-hydrogen) atoms. The predicted molar refractivity (Wildman–Crippen MR) is 107 cm³/mol. The zero-order valence-corrected chi connectivity index (χ0v) is 15.8. The molecule has 3 heterocycles. The van der Waals surface area contributed by atoms with Crippen molar-refractivity contribution in [1.29, 1.82) is 0 Å². The van der Waals surface area contributed by atoms with Crippen LogP contribution in [-0.4, -0.2) is 27.8 Å². The maximum absolute atomic E-state index is 13.0. The lowest BCUT2D eigenvalue weighted by atomic mass is 10.0. The van der Waals surface area contributed by atoms with Gasteiger partial charge in [0, 0.05) is 29.8 Å². The van der Waals surface area contributed by atoms with Gasteiger partial charge in [0.2, 0.25) is 0 Å². The number of rotatable bonds is 4. The second-order valence-electron chi connectivity index (χ2n) is 7.70. The number of nitrogen functional groups attached to an aromatic ring is 1. The first-order valence-electron chi connectivity index (χ1n) is 9.59. The van der Waals surface area contributed by atoms with Crippen molar-refractivity contribution in [3.63, 3.8) is 0 Å². The monoisotopic (exact) mass is 374 g/mol. The van der Waals surface area contributed by atoms with Gasteiger partial charge in [-0.3, -0.25) is 9.78 Å². The molecule has 1 aliphatic heterocycles. The second kappa shape index (κ2) is 6.56. The SMILES string of the molecule is CN(Cc1ccc(C2CC2)cn1)C(=O)c1ccc2nc(N)c3c(c2c1)COC3. The van der Waals surface area contributed by atoms with E-state index in [1.807, 2.05) is 24.4 Å². The van der Waals surface area contributed by atoms with Gasteiger partial charge in [0.15, 0.2) is 0 Å². The van der Waals surface area contributed by atoms with Crippen molar-refractivity contribution >= 4 is 22.6 Å². The van der Waals surface area contributed by atoms with Crippen LogP contribution in [0.5, 0.6) is 0 Å². The van der Waals surface area contributed by atoms with Crippen LogP contribution in [-0.2, 0) is 24.5 Å². The summed E-state index contributed by atoms with van der Waals surface area (Å²) < 4.78 is 5.54. The van der Waals surface area contributed by atoms with E-state index in [9.17, 15) is 4.79 Å². The number of ether oxygens (including phenoxy) is 1. The highest BCUT2D eigenvalue weighted by Crippen LogP contribution is 2.39. The summed E-state index contributed by atoms with van der Waals surface area (Å²) in [5.74, 6) is 1.16. The van der Waals surface area contributed by atoms with Crippen LogP contribution in [0.15, 0.2) is 36.5 Å². The zero-order valence-electron chi connectivity index (χ0n) is 15.8. The molecule has 0 bridgehead atoms. The van der Waals surface area contributed by atoms with Gasteiger partial charge in [-0.2, -0.15) is 0 Å². The molecule has 0 atom stereocenters. The average Bonchev–Trinajstić information content (AvgIpc) is 3.43. The Morgan fingerprint density at radius 3 is 2.79 bits per heavy atom. The lowest BCUT2D eigenvalue weighted by Gasteiger charge is -2.17. The number of hydrogen-bond donors (Lipinski definition) is 1. The highest BCUT2D eigenvalue weighted by Gasteiger charge is 2.24. The van der Waals surface area contributed by atoms with Gasteiger partial charge in [0.05, 0.1) is 31.0 Å². The molecule has 142 valence electrons. The summed E-state index contributed by atoms with van der Waals surface area (Å²) in [6.45, 7) is 1.46. The third kappa shape index (κ3) is 2.99. The van der Waals surface area contributed by atoms with Gasteiger partial charge in [-0.25, -0.2) is 4.98 Å². The van der Waals surface area contributed by atoms with E-state index in [4.69, 9.17) is 10.5 Å². The van der Waals surface area contributed by atoms with Gasteiger partial charge in [-0.15, -0.1) is 0 Å². The number of hydrogen-bond acceptors (Lipinski definition) is 5. The summed E-state index contributed by atoms with van der Waals surface area (Å²) in [5.41, 5.74) is 11.6. The summed E-state index contributed by atoms with van der Waals surface area (Å²) in [6.07, 6.45) is 4.47. The Bertz CT molecular complexity index is 1070. The fraction of sp³-hybridized carbons (Fsp3) is 0.318. The number of carbonyl (C=O) groups excluding carboxylic acids is 1. The van der Waals surface area contributed by atoms with Crippen LogP contribution in [0, 0.1) is 0 Å². The van der Waals surface area contributed by atoms with E-state index in [1.54, 1.807) is 18.0 Å². The van der Waals surface area contributed by atoms with Crippen molar-refractivity contribution in [2.24, 2.45) is 0 Å². The number of amides is 1.